The van der Waals surface area contributed by atoms with Crippen molar-refractivity contribution in [3.05, 3.63) is 29.6 Å². The van der Waals surface area contributed by atoms with Gasteiger partial charge in [0.05, 0.1) is 25.9 Å². The molecule has 0 spiro atoms. The monoisotopic (exact) mass is 313 g/mol. The van der Waals surface area contributed by atoms with Crippen molar-refractivity contribution in [2.75, 3.05) is 20.3 Å². The van der Waals surface area contributed by atoms with Crippen LogP contribution in [0.25, 0.3) is 11.4 Å². The molecule has 2 aromatic rings. The van der Waals surface area contributed by atoms with E-state index in [9.17, 15) is 13.2 Å². The van der Waals surface area contributed by atoms with Gasteiger partial charge in [0, 0.05) is 18.5 Å². The average Bonchev–Trinajstić information content (AvgIpc) is 2.74. The van der Waals surface area contributed by atoms with Crippen LogP contribution in [0.1, 0.15) is 11.4 Å². The predicted octanol–water partition coefficient (Wildman–Crippen LogP) is 2.55. The van der Waals surface area contributed by atoms with Gasteiger partial charge in [0.15, 0.2) is 5.82 Å². The first-order valence-electron chi connectivity index (χ1n) is 6.76. The molecule has 5 nitrogen and oxygen atoms in total. The SMILES string of the molecule is COc1ccc(-c2nnc3n2CCOCC3)cc1C(F)(F)F. The van der Waals surface area contributed by atoms with Crippen molar-refractivity contribution in [2.45, 2.75) is 19.1 Å². The number of ether oxygens (including phenoxy) is 2. The maximum absolute atomic E-state index is 13.1. The van der Waals surface area contributed by atoms with Gasteiger partial charge in [-0.05, 0) is 18.2 Å². The molecule has 0 amide bonds. The van der Waals surface area contributed by atoms with Gasteiger partial charge < -0.3 is 14.0 Å². The fourth-order valence-corrected chi connectivity index (χ4v) is 2.46. The van der Waals surface area contributed by atoms with Gasteiger partial charge in [0.1, 0.15) is 11.6 Å². The number of hydrogen-bond acceptors (Lipinski definition) is 4. The third-order valence-corrected chi connectivity index (χ3v) is 3.52. The van der Waals surface area contributed by atoms with Crippen LogP contribution in [0.2, 0.25) is 0 Å². The highest BCUT2D eigenvalue weighted by atomic mass is 19.4. The van der Waals surface area contributed by atoms with E-state index in [1.54, 1.807) is 10.6 Å². The summed E-state index contributed by atoms with van der Waals surface area (Å²) in [7, 11) is 1.21. The maximum atomic E-state index is 13.1. The molecular weight excluding hydrogens is 299 g/mol. The third-order valence-electron chi connectivity index (χ3n) is 3.52. The van der Waals surface area contributed by atoms with Gasteiger partial charge in [-0.25, -0.2) is 0 Å². The second kappa shape index (κ2) is 5.60. The summed E-state index contributed by atoms with van der Waals surface area (Å²) in [4.78, 5) is 0. The fourth-order valence-electron chi connectivity index (χ4n) is 2.46. The lowest BCUT2D eigenvalue weighted by atomic mass is 10.1. The zero-order valence-electron chi connectivity index (χ0n) is 11.9. The second-order valence-corrected chi connectivity index (χ2v) is 4.87. The van der Waals surface area contributed by atoms with Gasteiger partial charge in [-0.3, -0.25) is 0 Å². The molecule has 1 aliphatic rings. The summed E-state index contributed by atoms with van der Waals surface area (Å²) >= 11 is 0. The molecule has 0 unspecified atom stereocenters. The van der Waals surface area contributed by atoms with E-state index in [2.05, 4.69) is 10.2 Å². The Morgan fingerprint density at radius 1 is 1.23 bits per heavy atom. The van der Waals surface area contributed by atoms with Crippen LogP contribution >= 0.6 is 0 Å². The summed E-state index contributed by atoms with van der Waals surface area (Å²) in [6.07, 6.45) is -3.90. The topological polar surface area (TPSA) is 49.2 Å². The first-order valence-corrected chi connectivity index (χ1v) is 6.76. The van der Waals surface area contributed by atoms with E-state index in [0.29, 0.717) is 37.6 Å². The summed E-state index contributed by atoms with van der Waals surface area (Å²) in [5.41, 5.74) is -0.469. The highest BCUT2D eigenvalue weighted by Gasteiger charge is 2.35. The number of alkyl halides is 3. The van der Waals surface area contributed by atoms with E-state index in [-0.39, 0.29) is 5.75 Å². The van der Waals surface area contributed by atoms with Crippen molar-refractivity contribution in [3.8, 4) is 17.1 Å². The number of benzene rings is 1. The molecule has 0 atom stereocenters. The van der Waals surface area contributed by atoms with Crippen LogP contribution in [-0.4, -0.2) is 35.1 Å². The van der Waals surface area contributed by atoms with E-state index < -0.39 is 11.7 Å². The lowest BCUT2D eigenvalue weighted by Crippen LogP contribution is -2.09. The minimum Gasteiger partial charge on any atom is -0.496 e. The van der Waals surface area contributed by atoms with E-state index in [1.165, 1.54) is 13.2 Å². The number of nitrogens with zero attached hydrogens (tertiary/aromatic N) is 3. The molecule has 8 heteroatoms. The molecule has 0 aliphatic carbocycles. The van der Waals surface area contributed by atoms with Crippen molar-refractivity contribution in [2.24, 2.45) is 0 Å². The van der Waals surface area contributed by atoms with E-state index >= 15 is 0 Å². The summed E-state index contributed by atoms with van der Waals surface area (Å²) in [6, 6.07) is 3.89. The predicted molar refractivity (Wildman–Crippen MR) is 71.5 cm³/mol. The first-order chi connectivity index (χ1) is 10.5. The smallest absolute Gasteiger partial charge is 0.419 e. The molecule has 22 heavy (non-hydrogen) atoms. The summed E-state index contributed by atoms with van der Waals surface area (Å²) in [5.74, 6) is 0.917. The molecule has 0 saturated carbocycles. The maximum Gasteiger partial charge on any atom is 0.419 e. The molecule has 118 valence electrons. The Morgan fingerprint density at radius 3 is 2.77 bits per heavy atom. The largest absolute Gasteiger partial charge is 0.496 e. The highest BCUT2D eigenvalue weighted by molar-refractivity contribution is 5.60. The van der Waals surface area contributed by atoms with Gasteiger partial charge in [-0.1, -0.05) is 0 Å². The van der Waals surface area contributed by atoms with Crippen molar-refractivity contribution >= 4 is 0 Å². The summed E-state index contributed by atoms with van der Waals surface area (Å²) in [6.45, 7) is 1.54. The molecule has 1 aliphatic heterocycles. The Hall–Kier alpha value is -2.09. The zero-order valence-corrected chi connectivity index (χ0v) is 11.9. The number of methoxy groups -OCH3 is 1. The Labute approximate surface area is 124 Å². The number of hydrogen-bond donors (Lipinski definition) is 0. The molecular formula is C14H14F3N3O2. The number of halogens is 3. The quantitative estimate of drug-likeness (QED) is 0.855. The van der Waals surface area contributed by atoms with Crippen LogP contribution in [0.15, 0.2) is 18.2 Å². The van der Waals surface area contributed by atoms with Crippen LogP contribution in [0, 0.1) is 0 Å². The first kappa shape index (κ1) is 14.8. The highest BCUT2D eigenvalue weighted by Crippen LogP contribution is 2.38. The van der Waals surface area contributed by atoms with Crippen molar-refractivity contribution in [1.82, 2.24) is 14.8 Å². The normalized spacial score (nSPS) is 15.3. The Kier molecular flexibility index (Phi) is 3.78. The molecule has 3 rings (SSSR count). The van der Waals surface area contributed by atoms with E-state index in [1.807, 2.05) is 0 Å². The number of fused-ring (bicyclic) bond motifs is 1. The van der Waals surface area contributed by atoms with Crippen molar-refractivity contribution in [3.63, 3.8) is 0 Å². The van der Waals surface area contributed by atoms with Gasteiger partial charge in [-0.2, -0.15) is 13.2 Å². The van der Waals surface area contributed by atoms with Crippen LogP contribution in [0.5, 0.6) is 5.75 Å². The molecule has 1 aromatic carbocycles. The van der Waals surface area contributed by atoms with Gasteiger partial charge in [0.25, 0.3) is 0 Å². The van der Waals surface area contributed by atoms with Crippen LogP contribution in [-0.2, 0) is 23.9 Å². The van der Waals surface area contributed by atoms with Crippen molar-refractivity contribution in [1.29, 1.82) is 0 Å². The lowest BCUT2D eigenvalue weighted by molar-refractivity contribution is -0.138. The zero-order chi connectivity index (χ0) is 15.7. The van der Waals surface area contributed by atoms with Crippen molar-refractivity contribution < 1.29 is 22.6 Å². The second-order valence-electron chi connectivity index (χ2n) is 4.87. The van der Waals surface area contributed by atoms with Gasteiger partial charge >= 0.3 is 6.18 Å². The van der Waals surface area contributed by atoms with Crippen LogP contribution in [0.4, 0.5) is 13.2 Å². The average molecular weight is 313 g/mol. The molecule has 0 fully saturated rings. The standard InChI is InChI=1S/C14H14F3N3O2/c1-21-11-3-2-9(8-10(11)14(15,16)17)13-19-18-12-4-6-22-7-5-20(12)13/h2-3,8H,4-7H2,1H3. The molecule has 1 aromatic heterocycles. The van der Waals surface area contributed by atoms with Gasteiger partial charge in [-0.15, -0.1) is 10.2 Å². The number of rotatable bonds is 2. The minimum absolute atomic E-state index is 0.213. The molecule has 0 bridgehead atoms. The molecule has 0 N–H and O–H groups in total. The summed E-state index contributed by atoms with van der Waals surface area (Å²) in [5, 5.41) is 8.09. The number of aromatic nitrogens is 3. The lowest BCUT2D eigenvalue weighted by Gasteiger charge is -2.13. The Bertz CT molecular complexity index is 682. The third kappa shape index (κ3) is 2.66. The Morgan fingerprint density at radius 2 is 2.05 bits per heavy atom. The molecule has 2 heterocycles. The van der Waals surface area contributed by atoms with E-state index in [4.69, 9.17) is 9.47 Å². The summed E-state index contributed by atoms with van der Waals surface area (Å²) < 4.78 is 51.3. The molecule has 0 saturated heterocycles. The van der Waals surface area contributed by atoms with Crippen LogP contribution in [0.3, 0.4) is 0 Å². The Balaban J connectivity index is 2.08. The molecule has 0 radical (unpaired) electrons. The van der Waals surface area contributed by atoms with Gasteiger partial charge in [0.2, 0.25) is 0 Å². The minimum atomic E-state index is -4.49. The van der Waals surface area contributed by atoms with Crippen LogP contribution < -0.4 is 4.74 Å². The van der Waals surface area contributed by atoms with E-state index in [0.717, 1.165) is 11.9 Å². The fraction of sp³-hybridized carbons (Fsp3) is 0.429.